The molecule has 190 valence electrons. The summed E-state index contributed by atoms with van der Waals surface area (Å²) < 4.78 is 68.4. The molecule has 1 amide bonds. The van der Waals surface area contributed by atoms with Gasteiger partial charge >= 0.3 is 6.18 Å². The fourth-order valence-corrected chi connectivity index (χ4v) is 4.14. The average Bonchev–Trinajstić information content (AvgIpc) is 3.65. The number of aromatic amines is 1. The lowest BCUT2D eigenvalue weighted by atomic mass is 10.1. The van der Waals surface area contributed by atoms with Gasteiger partial charge in [0.2, 0.25) is 11.6 Å². The van der Waals surface area contributed by atoms with Crippen molar-refractivity contribution in [3.63, 3.8) is 0 Å². The van der Waals surface area contributed by atoms with E-state index < -0.39 is 35.1 Å². The van der Waals surface area contributed by atoms with Gasteiger partial charge in [-0.2, -0.15) is 17.6 Å². The van der Waals surface area contributed by atoms with Crippen molar-refractivity contribution in [3.05, 3.63) is 63.3 Å². The summed E-state index contributed by atoms with van der Waals surface area (Å²) in [5.41, 5.74) is -3.36. The lowest BCUT2D eigenvalue weighted by Gasteiger charge is -2.36. The number of aromatic nitrogens is 3. The minimum atomic E-state index is -4.95. The van der Waals surface area contributed by atoms with Crippen molar-refractivity contribution in [2.75, 3.05) is 31.1 Å². The summed E-state index contributed by atoms with van der Waals surface area (Å²) in [6, 6.07) is 5.70. The second-order valence-electron chi connectivity index (χ2n) is 8.86. The number of carbonyl (C=O) groups is 1. The summed E-state index contributed by atoms with van der Waals surface area (Å²) in [5.74, 6) is -2.00. The number of piperazine rings is 1. The fourth-order valence-electron chi connectivity index (χ4n) is 4.14. The van der Waals surface area contributed by atoms with Crippen LogP contribution in [0.15, 0.2) is 29.1 Å². The molecular formula is C23H21F5N6O2. The number of rotatable bonds is 5. The van der Waals surface area contributed by atoms with E-state index in [-0.39, 0.29) is 40.6 Å². The molecule has 1 saturated carbocycles. The summed E-state index contributed by atoms with van der Waals surface area (Å²) in [4.78, 5) is 36.6. The predicted octanol–water partition coefficient (Wildman–Crippen LogP) is 2.83. The number of nitrogens with one attached hydrogen (secondary N) is 2. The molecule has 5 rings (SSSR count). The molecule has 0 bridgehead atoms. The minimum absolute atomic E-state index is 0.0171. The van der Waals surface area contributed by atoms with Crippen molar-refractivity contribution in [2.24, 2.45) is 0 Å². The number of fused-ring (bicyclic) bond motifs is 1. The van der Waals surface area contributed by atoms with E-state index in [1.807, 2.05) is 9.88 Å². The van der Waals surface area contributed by atoms with Crippen molar-refractivity contribution in [3.8, 4) is 0 Å². The standard InChI is InChI=1S/C23H21F5N6O2/c24-17-12(1-4-14-18(17)32-22(36)19(30-14)23(26,27)28)11-33-7-9-34(10-8-33)16-6-5-15(31-20(16)25)21(35)29-13-2-3-13/h1,4-6,13H,2-3,7-11H2,(H,29,35)(H,32,36). The molecular weight excluding hydrogens is 487 g/mol. The fraction of sp³-hybridized carbons (Fsp3) is 0.391. The molecule has 2 fully saturated rings. The summed E-state index contributed by atoms with van der Waals surface area (Å²) >= 11 is 0. The van der Waals surface area contributed by atoms with Gasteiger partial charge in [-0.3, -0.25) is 14.5 Å². The first-order chi connectivity index (χ1) is 17.1. The maximum absolute atomic E-state index is 15.0. The number of hydrogen-bond donors (Lipinski definition) is 2. The number of nitrogens with zero attached hydrogens (tertiary/aromatic N) is 4. The Morgan fingerprint density at radius 3 is 2.42 bits per heavy atom. The van der Waals surface area contributed by atoms with Crippen LogP contribution in [-0.2, 0) is 12.7 Å². The summed E-state index contributed by atoms with van der Waals surface area (Å²) in [6.45, 7) is 1.86. The Bertz CT molecular complexity index is 1380. The maximum Gasteiger partial charge on any atom is 0.438 e. The normalized spacial score (nSPS) is 17.0. The van der Waals surface area contributed by atoms with Gasteiger partial charge in [0.25, 0.3) is 11.5 Å². The molecule has 1 aliphatic heterocycles. The van der Waals surface area contributed by atoms with Crippen LogP contribution in [0.3, 0.4) is 0 Å². The molecule has 1 aromatic carbocycles. The highest BCUT2D eigenvalue weighted by Gasteiger charge is 2.36. The van der Waals surface area contributed by atoms with E-state index in [4.69, 9.17) is 0 Å². The number of H-pyrrole nitrogens is 1. The number of halogens is 5. The van der Waals surface area contributed by atoms with Gasteiger partial charge in [0.05, 0.1) is 11.2 Å². The van der Waals surface area contributed by atoms with Gasteiger partial charge < -0.3 is 15.2 Å². The van der Waals surface area contributed by atoms with Crippen LogP contribution in [0.4, 0.5) is 27.6 Å². The molecule has 0 radical (unpaired) electrons. The molecule has 8 nitrogen and oxygen atoms in total. The van der Waals surface area contributed by atoms with Crippen LogP contribution in [0, 0.1) is 11.8 Å². The third-order valence-corrected chi connectivity index (χ3v) is 6.24. The Labute approximate surface area is 201 Å². The van der Waals surface area contributed by atoms with Gasteiger partial charge in [0, 0.05) is 44.3 Å². The van der Waals surface area contributed by atoms with Gasteiger partial charge in [0.15, 0.2) is 5.82 Å². The van der Waals surface area contributed by atoms with Crippen LogP contribution in [0.1, 0.15) is 34.6 Å². The number of amides is 1. The second kappa shape index (κ2) is 9.12. The van der Waals surface area contributed by atoms with E-state index in [9.17, 15) is 31.5 Å². The molecule has 3 heterocycles. The molecule has 0 spiro atoms. The van der Waals surface area contributed by atoms with E-state index in [0.29, 0.717) is 26.2 Å². The molecule has 0 unspecified atom stereocenters. The number of benzene rings is 1. The molecule has 3 aromatic rings. The molecule has 1 aliphatic carbocycles. The highest BCUT2D eigenvalue weighted by Crippen LogP contribution is 2.27. The minimum Gasteiger partial charge on any atom is -0.365 e. The third-order valence-electron chi connectivity index (χ3n) is 6.24. The summed E-state index contributed by atoms with van der Waals surface area (Å²) in [5, 5.41) is 2.76. The molecule has 1 saturated heterocycles. The maximum atomic E-state index is 15.0. The van der Waals surface area contributed by atoms with Crippen molar-refractivity contribution in [1.82, 2.24) is 25.2 Å². The van der Waals surface area contributed by atoms with Crippen LogP contribution in [-0.4, -0.2) is 58.0 Å². The Morgan fingerprint density at radius 2 is 1.78 bits per heavy atom. The van der Waals surface area contributed by atoms with E-state index in [1.54, 1.807) is 4.90 Å². The van der Waals surface area contributed by atoms with Crippen molar-refractivity contribution < 1.29 is 26.7 Å². The van der Waals surface area contributed by atoms with E-state index >= 15 is 0 Å². The first-order valence-electron chi connectivity index (χ1n) is 11.3. The Morgan fingerprint density at radius 1 is 1.06 bits per heavy atom. The Balaban J connectivity index is 1.25. The van der Waals surface area contributed by atoms with Crippen molar-refractivity contribution >= 4 is 22.6 Å². The van der Waals surface area contributed by atoms with Gasteiger partial charge in [-0.15, -0.1) is 0 Å². The average molecular weight is 508 g/mol. The van der Waals surface area contributed by atoms with Crippen LogP contribution >= 0.6 is 0 Å². The van der Waals surface area contributed by atoms with Gasteiger partial charge in [-0.1, -0.05) is 6.07 Å². The summed E-state index contributed by atoms with van der Waals surface area (Å²) in [6.07, 6.45) is -3.13. The van der Waals surface area contributed by atoms with Gasteiger partial charge in [0.1, 0.15) is 11.2 Å². The van der Waals surface area contributed by atoms with Crippen molar-refractivity contribution in [2.45, 2.75) is 31.6 Å². The van der Waals surface area contributed by atoms with Crippen molar-refractivity contribution in [1.29, 1.82) is 0 Å². The van der Waals surface area contributed by atoms with E-state index in [2.05, 4.69) is 15.3 Å². The quantitative estimate of drug-likeness (QED) is 0.407. The molecule has 0 atom stereocenters. The number of hydrogen-bond acceptors (Lipinski definition) is 6. The highest BCUT2D eigenvalue weighted by atomic mass is 19.4. The van der Waals surface area contributed by atoms with Crippen LogP contribution in [0.5, 0.6) is 0 Å². The topological polar surface area (TPSA) is 94.2 Å². The highest BCUT2D eigenvalue weighted by molar-refractivity contribution is 5.92. The zero-order valence-corrected chi connectivity index (χ0v) is 18.8. The molecule has 36 heavy (non-hydrogen) atoms. The lowest BCUT2D eigenvalue weighted by molar-refractivity contribution is -0.142. The molecule has 2 aliphatic rings. The Kier molecular flexibility index (Phi) is 6.10. The monoisotopic (exact) mass is 508 g/mol. The number of alkyl halides is 3. The zero-order valence-electron chi connectivity index (χ0n) is 18.8. The van der Waals surface area contributed by atoms with Crippen LogP contribution in [0.2, 0.25) is 0 Å². The van der Waals surface area contributed by atoms with Crippen LogP contribution < -0.4 is 15.8 Å². The number of carbonyl (C=O) groups excluding carboxylic acids is 1. The van der Waals surface area contributed by atoms with Gasteiger partial charge in [-0.05, 0) is 31.0 Å². The molecule has 13 heteroatoms. The Hall–Kier alpha value is -3.61. The molecule has 2 N–H and O–H groups in total. The smallest absolute Gasteiger partial charge is 0.365 e. The first kappa shape index (κ1) is 24.1. The second-order valence-corrected chi connectivity index (χ2v) is 8.86. The first-order valence-corrected chi connectivity index (χ1v) is 11.3. The summed E-state index contributed by atoms with van der Waals surface area (Å²) in [7, 11) is 0. The zero-order chi connectivity index (χ0) is 25.6. The predicted molar refractivity (Wildman–Crippen MR) is 119 cm³/mol. The van der Waals surface area contributed by atoms with Crippen LogP contribution in [0.25, 0.3) is 11.0 Å². The lowest BCUT2D eigenvalue weighted by Crippen LogP contribution is -2.46. The third kappa shape index (κ3) is 4.87. The van der Waals surface area contributed by atoms with E-state index in [0.717, 1.165) is 12.8 Å². The SMILES string of the molecule is O=C(NC1CC1)c1ccc(N2CCN(Cc3ccc4nc(C(F)(F)F)c(=O)[nH]c4c3F)CC2)c(F)n1. The largest absolute Gasteiger partial charge is 0.438 e. The number of pyridine rings is 1. The molecule has 2 aromatic heterocycles. The number of anilines is 1. The van der Waals surface area contributed by atoms with E-state index in [1.165, 1.54) is 24.3 Å². The van der Waals surface area contributed by atoms with Gasteiger partial charge in [-0.25, -0.2) is 14.4 Å².